The minimum Gasteiger partial charge on any atom is -0.481 e. The van der Waals surface area contributed by atoms with E-state index in [1.165, 1.54) is 31.5 Å². The number of anilines is 1. The number of rotatable bonds is 4. The summed E-state index contributed by atoms with van der Waals surface area (Å²) in [5.41, 5.74) is 2.35. The molecule has 4 rings (SSSR count). The quantitative estimate of drug-likeness (QED) is 0.551. The van der Waals surface area contributed by atoms with Crippen LogP contribution in [-0.2, 0) is 6.42 Å². The molecule has 0 fully saturated rings. The molecule has 32 heavy (non-hydrogen) atoms. The molecule has 2 atom stereocenters. The molecule has 166 valence electrons. The van der Waals surface area contributed by atoms with Crippen LogP contribution in [0.25, 0.3) is 11.1 Å². The number of aromatic nitrogens is 3. The smallest absolute Gasteiger partial charge is 0.319 e. The number of hydrogen-bond acceptors (Lipinski definition) is 5. The first kappa shape index (κ1) is 21.8. The van der Waals surface area contributed by atoms with Crippen molar-refractivity contribution in [2.75, 3.05) is 12.4 Å². The second-order valence-corrected chi connectivity index (χ2v) is 8.09. The molecule has 2 aromatic heterocycles. The van der Waals surface area contributed by atoms with Gasteiger partial charge in [-0.3, -0.25) is 4.79 Å². The lowest BCUT2D eigenvalue weighted by molar-refractivity contribution is 0.246. The lowest BCUT2D eigenvalue weighted by atomic mass is 9.85. The van der Waals surface area contributed by atoms with E-state index in [4.69, 9.17) is 16.3 Å². The Balaban J connectivity index is 1.46. The maximum atomic E-state index is 14.7. The minimum absolute atomic E-state index is 0.0416. The molecule has 0 saturated carbocycles. The van der Waals surface area contributed by atoms with Crippen LogP contribution in [-0.4, -0.2) is 34.4 Å². The van der Waals surface area contributed by atoms with Crippen LogP contribution in [0, 0.1) is 5.82 Å². The molecule has 3 aromatic rings. The summed E-state index contributed by atoms with van der Waals surface area (Å²) >= 11 is 6.34. The van der Waals surface area contributed by atoms with Gasteiger partial charge in [-0.1, -0.05) is 18.5 Å². The third-order valence-electron chi connectivity index (χ3n) is 5.39. The molecule has 0 spiro atoms. The highest BCUT2D eigenvalue weighted by atomic mass is 35.5. The first-order chi connectivity index (χ1) is 15.3. The standard InChI is InChI=1S/C22H21ClFN5O3/c1-11-5-14(6-13-7-19(30)28-29-21(11)13)26-22(31)27-18-9-16(23)15(8-17(18)24)12-3-4-20(32-2)25-10-12/h3-4,7-11,14H,5-6H2,1-2H3,(H,28,30)(H2,26,27,31). The van der Waals surface area contributed by atoms with E-state index in [0.717, 1.165) is 11.3 Å². The third-order valence-corrected chi connectivity index (χ3v) is 5.70. The van der Waals surface area contributed by atoms with E-state index in [-0.39, 0.29) is 28.2 Å². The van der Waals surface area contributed by atoms with Crippen LogP contribution in [0.3, 0.4) is 0 Å². The number of benzene rings is 1. The zero-order valence-electron chi connectivity index (χ0n) is 17.4. The number of fused-ring (bicyclic) bond motifs is 1. The molecule has 2 unspecified atom stereocenters. The van der Waals surface area contributed by atoms with Gasteiger partial charge in [0.25, 0.3) is 5.56 Å². The van der Waals surface area contributed by atoms with Gasteiger partial charge in [-0.2, -0.15) is 5.10 Å². The van der Waals surface area contributed by atoms with Gasteiger partial charge in [0.1, 0.15) is 5.82 Å². The normalized spacial score (nSPS) is 17.4. The molecule has 3 N–H and O–H groups in total. The molecule has 0 aliphatic heterocycles. The summed E-state index contributed by atoms with van der Waals surface area (Å²) in [6.07, 6.45) is 2.64. The lowest BCUT2D eigenvalue weighted by Gasteiger charge is -2.28. The molecular weight excluding hydrogens is 437 g/mol. The number of amides is 2. The van der Waals surface area contributed by atoms with Gasteiger partial charge in [0, 0.05) is 41.4 Å². The maximum Gasteiger partial charge on any atom is 0.319 e. The van der Waals surface area contributed by atoms with Gasteiger partial charge in [0.15, 0.2) is 0 Å². The van der Waals surface area contributed by atoms with Gasteiger partial charge in [-0.05, 0) is 36.6 Å². The predicted molar refractivity (Wildman–Crippen MR) is 119 cm³/mol. The lowest BCUT2D eigenvalue weighted by Crippen LogP contribution is -2.42. The Labute approximate surface area is 188 Å². The molecule has 1 aliphatic rings. The van der Waals surface area contributed by atoms with Crippen molar-refractivity contribution in [3.8, 4) is 17.0 Å². The number of methoxy groups -OCH3 is 1. The fraction of sp³-hybridized carbons (Fsp3) is 0.273. The number of carbonyl (C=O) groups is 1. The average Bonchev–Trinajstić information content (AvgIpc) is 2.75. The van der Waals surface area contributed by atoms with E-state index in [1.807, 2.05) is 6.92 Å². The van der Waals surface area contributed by atoms with Crippen LogP contribution in [0.1, 0.15) is 30.5 Å². The van der Waals surface area contributed by atoms with Crippen molar-refractivity contribution in [2.45, 2.75) is 31.7 Å². The summed E-state index contributed by atoms with van der Waals surface area (Å²) in [7, 11) is 1.50. The maximum absolute atomic E-state index is 14.7. The van der Waals surface area contributed by atoms with Gasteiger partial charge in [0.05, 0.1) is 23.5 Å². The summed E-state index contributed by atoms with van der Waals surface area (Å²) in [5.74, 6) is -0.140. The highest BCUT2D eigenvalue weighted by Gasteiger charge is 2.27. The van der Waals surface area contributed by atoms with E-state index < -0.39 is 11.8 Å². The van der Waals surface area contributed by atoms with E-state index in [0.29, 0.717) is 29.8 Å². The van der Waals surface area contributed by atoms with Gasteiger partial charge in [-0.25, -0.2) is 19.3 Å². The molecule has 2 heterocycles. The van der Waals surface area contributed by atoms with Gasteiger partial charge < -0.3 is 15.4 Å². The summed E-state index contributed by atoms with van der Waals surface area (Å²) in [6.45, 7) is 1.97. The van der Waals surface area contributed by atoms with Crippen LogP contribution in [0.15, 0.2) is 41.3 Å². The number of urea groups is 1. The number of H-pyrrole nitrogens is 1. The van der Waals surface area contributed by atoms with Crippen molar-refractivity contribution < 1.29 is 13.9 Å². The first-order valence-electron chi connectivity index (χ1n) is 9.99. The molecule has 8 nitrogen and oxygen atoms in total. The van der Waals surface area contributed by atoms with Crippen LogP contribution in [0.2, 0.25) is 5.02 Å². The van der Waals surface area contributed by atoms with E-state index in [2.05, 4.69) is 25.8 Å². The third kappa shape index (κ3) is 4.57. The molecule has 1 aliphatic carbocycles. The summed E-state index contributed by atoms with van der Waals surface area (Å²) in [6, 6.07) is 6.69. The second-order valence-electron chi connectivity index (χ2n) is 7.68. The van der Waals surface area contributed by atoms with Crippen molar-refractivity contribution in [1.29, 1.82) is 0 Å². The van der Waals surface area contributed by atoms with Crippen molar-refractivity contribution in [2.24, 2.45) is 0 Å². The SMILES string of the molecule is COc1ccc(-c2cc(F)c(NC(=O)NC3Cc4cc(=O)[nH]nc4C(C)C3)cc2Cl)cn1. The monoisotopic (exact) mass is 457 g/mol. The molecule has 0 saturated heterocycles. The van der Waals surface area contributed by atoms with Crippen molar-refractivity contribution in [3.63, 3.8) is 0 Å². The molecule has 0 bridgehead atoms. The van der Waals surface area contributed by atoms with Crippen LogP contribution >= 0.6 is 11.6 Å². The Morgan fingerprint density at radius 1 is 1.31 bits per heavy atom. The Morgan fingerprint density at radius 3 is 2.84 bits per heavy atom. The fourth-order valence-electron chi connectivity index (χ4n) is 3.91. The highest BCUT2D eigenvalue weighted by molar-refractivity contribution is 6.33. The van der Waals surface area contributed by atoms with Crippen LogP contribution < -0.4 is 20.9 Å². The fourth-order valence-corrected chi connectivity index (χ4v) is 4.18. The Bertz CT molecular complexity index is 1220. The number of halogens is 2. The number of carbonyl (C=O) groups excluding carboxylic acids is 1. The number of ether oxygens (including phenoxy) is 1. The highest BCUT2D eigenvalue weighted by Crippen LogP contribution is 2.33. The largest absolute Gasteiger partial charge is 0.481 e. The van der Waals surface area contributed by atoms with Crippen molar-refractivity contribution in [3.05, 3.63) is 69.0 Å². The van der Waals surface area contributed by atoms with E-state index in [9.17, 15) is 14.0 Å². The number of nitrogens with zero attached hydrogens (tertiary/aromatic N) is 2. The first-order valence-corrected chi connectivity index (χ1v) is 10.4. The van der Waals surface area contributed by atoms with Gasteiger partial charge in [0.2, 0.25) is 5.88 Å². The molecule has 10 heteroatoms. The summed E-state index contributed by atoms with van der Waals surface area (Å²) in [4.78, 5) is 28.2. The van der Waals surface area contributed by atoms with E-state index in [1.54, 1.807) is 12.1 Å². The van der Waals surface area contributed by atoms with Crippen molar-refractivity contribution >= 4 is 23.3 Å². The van der Waals surface area contributed by atoms with E-state index >= 15 is 0 Å². The van der Waals surface area contributed by atoms with Crippen LogP contribution in [0.5, 0.6) is 5.88 Å². The number of aromatic amines is 1. The Morgan fingerprint density at radius 2 is 2.12 bits per heavy atom. The molecule has 1 aromatic carbocycles. The molecule has 2 amide bonds. The second kappa shape index (κ2) is 8.96. The topological polar surface area (TPSA) is 109 Å². The zero-order chi connectivity index (χ0) is 22.8. The zero-order valence-corrected chi connectivity index (χ0v) is 18.2. The Kier molecular flexibility index (Phi) is 6.09. The molecule has 0 radical (unpaired) electrons. The van der Waals surface area contributed by atoms with Crippen LogP contribution in [0.4, 0.5) is 14.9 Å². The number of nitrogens with one attached hydrogen (secondary N) is 3. The average molecular weight is 458 g/mol. The summed E-state index contributed by atoms with van der Waals surface area (Å²) in [5, 5.41) is 12.2. The number of pyridine rings is 1. The van der Waals surface area contributed by atoms with Crippen molar-refractivity contribution in [1.82, 2.24) is 20.5 Å². The predicted octanol–water partition coefficient (Wildman–Crippen LogP) is 3.87. The minimum atomic E-state index is -0.631. The Hall–Kier alpha value is -3.46. The number of hydrogen-bond donors (Lipinski definition) is 3. The summed E-state index contributed by atoms with van der Waals surface area (Å²) < 4.78 is 19.7. The van der Waals surface area contributed by atoms with Gasteiger partial charge >= 0.3 is 6.03 Å². The van der Waals surface area contributed by atoms with Gasteiger partial charge in [-0.15, -0.1) is 0 Å². The molecular formula is C22H21ClFN5O3.